The van der Waals surface area contributed by atoms with Crippen LogP contribution < -0.4 is 10.6 Å². The SMILES string of the molecule is O=C(O)c1cccc(NC2C(=O)Nc3ccc(Br)cc32)c1. The van der Waals surface area contributed by atoms with Crippen molar-refractivity contribution in [1.29, 1.82) is 0 Å². The van der Waals surface area contributed by atoms with Gasteiger partial charge in [0.2, 0.25) is 0 Å². The molecule has 0 fully saturated rings. The predicted octanol–water partition coefficient (Wildman–Crippen LogP) is 3.25. The van der Waals surface area contributed by atoms with Crippen LogP contribution in [0.25, 0.3) is 0 Å². The second-order valence-electron chi connectivity index (χ2n) is 4.68. The quantitative estimate of drug-likeness (QED) is 0.796. The predicted molar refractivity (Wildman–Crippen MR) is 82.5 cm³/mol. The molecule has 3 N–H and O–H groups in total. The molecule has 0 saturated heterocycles. The molecule has 5 nitrogen and oxygen atoms in total. The maximum Gasteiger partial charge on any atom is 0.335 e. The number of rotatable bonds is 3. The average Bonchev–Trinajstić information content (AvgIpc) is 2.75. The van der Waals surface area contributed by atoms with E-state index in [1.165, 1.54) is 12.1 Å². The van der Waals surface area contributed by atoms with Crippen LogP contribution in [0.2, 0.25) is 0 Å². The monoisotopic (exact) mass is 346 g/mol. The molecule has 1 aliphatic rings. The fourth-order valence-electron chi connectivity index (χ4n) is 2.28. The zero-order chi connectivity index (χ0) is 15.0. The summed E-state index contributed by atoms with van der Waals surface area (Å²) in [6.07, 6.45) is 0. The molecule has 3 rings (SSSR count). The first-order chi connectivity index (χ1) is 10.0. The highest BCUT2D eigenvalue weighted by atomic mass is 79.9. The third-order valence-electron chi connectivity index (χ3n) is 3.27. The topological polar surface area (TPSA) is 78.4 Å². The second kappa shape index (κ2) is 5.21. The molecule has 0 spiro atoms. The third-order valence-corrected chi connectivity index (χ3v) is 3.76. The van der Waals surface area contributed by atoms with Crippen LogP contribution in [0.5, 0.6) is 0 Å². The summed E-state index contributed by atoms with van der Waals surface area (Å²) in [5.41, 5.74) is 2.35. The summed E-state index contributed by atoms with van der Waals surface area (Å²) in [6, 6.07) is 11.4. The number of fused-ring (bicyclic) bond motifs is 1. The molecular weight excluding hydrogens is 336 g/mol. The van der Waals surface area contributed by atoms with Crippen LogP contribution in [0.3, 0.4) is 0 Å². The average molecular weight is 347 g/mol. The number of aromatic carboxylic acids is 1. The maximum atomic E-state index is 12.1. The minimum Gasteiger partial charge on any atom is -0.478 e. The molecule has 1 heterocycles. The Morgan fingerprint density at radius 2 is 2.05 bits per heavy atom. The van der Waals surface area contributed by atoms with E-state index in [1.807, 2.05) is 18.2 Å². The van der Waals surface area contributed by atoms with Crippen LogP contribution in [0.4, 0.5) is 11.4 Å². The highest BCUT2D eigenvalue weighted by molar-refractivity contribution is 9.10. The summed E-state index contributed by atoms with van der Waals surface area (Å²) in [5.74, 6) is -1.17. The Kier molecular flexibility index (Phi) is 3.39. The van der Waals surface area contributed by atoms with Gasteiger partial charge in [-0.15, -0.1) is 0 Å². The summed E-state index contributed by atoms with van der Waals surface area (Å²) >= 11 is 3.38. The van der Waals surface area contributed by atoms with E-state index in [1.54, 1.807) is 12.1 Å². The summed E-state index contributed by atoms with van der Waals surface area (Å²) in [5, 5.41) is 14.9. The number of carbonyl (C=O) groups excluding carboxylic acids is 1. The van der Waals surface area contributed by atoms with Gasteiger partial charge >= 0.3 is 5.97 Å². The van der Waals surface area contributed by atoms with Gasteiger partial charge in [0, 0.05) is 21.4 Å². The molecule has 0 radical (unpaired) electrons. The van der Waals surface area contributed by atoms with Crippen LogP contribution in [0.15, 0.2) is 46.9 Å². The molecule has 106 valence electrons. The van der Waals surface area contributed by atoms with Gasteiger partial charge in [0.25, 0.3) is 5.91 Å². The van der Waals surface area contributed by atoms with Crippen LogP contribution >= 0.6 is 15.9 Å². The Morgan fingerprint density at radius 3 is 2.81 bits per heavy atom. The molecule has 6 heteroatoms. The lowest BCUT2D eigenvalue weighted by Crippen LogP contribution is -2.19. The molecule has 0 saturated carbocycles. The van der Waals surface area contributed by atoms with Crippen molar-refractivity contribution in [2.75, 3.05) is 10.6 Å². The van der Waals surface area contributed by atoms with Crippen molar-refractivity contribution in [3.05, 3.63) is 58.1 Å². The number of amides is 1. The molecule has 0 bridgehead atoms. The first-order valence-corrected chi connectivity index (χ1v) is 7.04. The van der Waals surface area contributed by atoms with E-state index in [-0.39, 0.29) is 11.5 Å². The van der Waals surface area contributed by atoms with E-state index in [0.717, 1.165) is 15.7 Å². The number of benzene rings is 2. The molecule has 2 aromatic carbocycles. The fraction of sp³-hybridized carbons (Fsp3) is 0.0667. The van der Waals surface area contributed by atoms with Crippen molar-refractivity contribution in [3.63, 3.8) is 0 Å². The van der Waals surface area contributed by atoms with Gasteiger partial charge < -0.3 is 15.7 Å². The molecular formula is C15H11BrN2O3. The molecule has 0 aromatic heterocycles. The minimum atomic E-state index is -1.00. The molecule has 1 aliphatic heterocycles. The number of hydrogen-bond acceptors (Lipinski definition) is 3. The molecule has 1 amide bonds. The molecule has 21 heavy (non-hydrogen) atoms. The van der Waals surface area contributed by atoms with E-state index in [9.17, 15) is 9.59 Å². The first-order valence-electron chi connectivity index (χ1n) is 6.25. The third kappa shape index (κ3) is 2.62. The van der Waals surface area contributed by atoms with Gasteiger partial charge in [0.15, 0.2) is 0 Å². The Bertz CT molecular complexity index is 745. The van der Waals surface area contributed by atoms with Crippen LogP contribution in [0.1, 0.15) is 22.0 Å². The number of nitrogens with one attached hydrogen (secondary N) is 2. The van der Waals surface area contributed by atoms with Crippen molar-refractivity contribution in [1.82, 2.24) is 0 Å². The minimum absolute atomic E-state index is 0.163. The van der Waals surface area contributed by atoms with E-state index in [2.05, 4.69) is 26.6 Å². The first kappa shape index (κ1) is 13.6. The van der Waals surface area contributed by atoms with Gasteiger partial charge in [-0.25, -0.2) is 4.79 Å². The highest BCUT2D eigenvalue weighted by Gasteiger charge is 2.30. The molecule has 2 aromatic rings. The summed E-state index contributed by atoms with van der Waals surface area (Å²) in [6.45, 7) is 0. The number of hydrogen-bond donors (Lipinski definition) is 3. The van der Waals surface area contributed by atoms with Crippen molar-refractivity contribution in [2.45, 2.75) is 6.04 Å². The van der Waals surface area contributed by atoms with E-state index < -0.39 is 12.0 Å². The van der Waals surface area contributed by atoms with Crippen LogP contribution in [-0.2, 0) is 4.79 Å². The maximum absolute atomic E-state index is 12.1. The summed E-state index contributed by atoms with van der Waals surface area (Å²) in [4.78, 5) is 23.0. The summed E-state index contributed by atoms with van der Waals surface area (Å²) in [7, 11) is 0. The lowest BCUT2D eigenvalue weighted by Gasteiger charge is -2.13. The zero-order valence-electron chi connectivity index (χ0n) is 10.8. The highest BCUT2D eigenvalue weighted by Crippen LogP contribution is 2.35. The smallest absolute Gasteiger partial charge is 0.335 e. The summed E-state index contributed by atoms with van der Waals surface area (Å²) < 4.78 is 0.879. The van der Waals surface area contributed by atoms with Crippen molar-refractivity contribution in [3.8, 4) is 0 Å². The largest absolute Gasteiger partial charge is 0.478 e. The van der Waals surface area contributed by atoms with Gasteiger partial charge in [-0.2, -0.15) is 0 Å². The Hall–Kier alpha value is -2.34. The second-order valence-corrected chi connectivity index (χ2v) is 5.60. The number of anilines is 2. The van der Waals surface area contributed by atoms with Crippen molar-refractivity contribution < 1.29 is 14.7 Å². The standard InChI is InChI=1S/C15H11BrN2O3/c16-9-4-5-12-11(7-9)13(14(19)18-12)17-10-3-1-2-8(6-10)15(20)21/h1-7,13,17H,(H,18,19)(H,20,21). The number of halogens is 1. The fourth-order valence-corrected chi connectivity index (χ4v) is 2.66. The van der Waals surface area contributed by atoms with E-state index >= 15 is 0 Å². The lowest BCUT2D eigenvalue weighted by atomic mass is 10.1. The molecule has 0 aliphatic carbocycles. The van der Waals surface area contributed by atoms with Crippen molar-refractivity contribution >= 4 is 39.2 Å². The van der Waals surface area contributed by atoms with Gasteiger partial charge in [-0.1, -0.05) is 22.0 Å². The lowest BCUT2D eigenvalue weighted by molar-refractivity contribution is -0.116. The Balaban J connectivity index is 1.92. The van der Waals surface area contributed by atoms with E-state index in [0.29, 0.717) is 5.69 Å². The van der Waals surface area contributed by atoms with Crippen LogP contribution in [-0.4, -0.2) is 17.0 Å². The van der Waals surface area contributed by atoms with Crippen molar-refractivity contribution in [2.24, 2.45) is 0 Å². The Labute approximate surface area is 129 Å². The van der Waals surface area contributed by atoms with Gasteiger partial charge in [-0.05, 0) is 36.4 Å². The van der Waals surface area contributed by atoms with Crippen LogP contribution in [0, 0.1) is 0 Å². The molecule has 1 atom stereocenters. The molecule has 1 unspecified atom stereocenters. The number of carbonyl (C=O) groups is 2. The van der Waals surface area contributed by atoms with Gasteiger partial charge in [0.05, 0.1) is 5.56 Å². The number of carboxylic acid groups (broad SMARTS) is 1. The zero-order valence-corrected chi connectivity index (χ0v) is 12.3. The van der Waals surface area contributed by atoms with Gasteiger partial charge in [-0.3, -0.25) is 4.79 Å². The van der Waals surface area contributed by atoms with Gasteiger partial charge in [0.1, 0.15) is 6.04 Å². The number of carboxylic acids is 1. The van der Waals surface area contributed by atoms with E-state index in [4.69, 9.17) is 5.11 Å². The Morgan fingerprint density at radius 1 is 1.24 bits per heavy atom. The normalized spacial score (nSPS) is 16.2.